The third-order valence-electron chi connectivity index (χ3n) is 3.51. The van der Waals surface area contributed by atoms with E-state index in [2.05, 4.69) is 36.2 Å². The molecule has 2 bridgehead atoms. The molecule has 1 heterocycles. The van der Waals surface area contributed by atoms with E-state index in [1.165, 1.54) is 19.5 Å². The van der Waals surface area contributed by atoms with Gasteiger partial charge in [0.05, 0.1) is 0 Å². The van der Waals surface area contributed by atoms with Crippen LogP contribution in [0.25, 0.3) is 0 Å². The van der Waals surface area contributed by atoms with Crippen molar-refractivity contribution in [2.24, 2.45) is 0 Å². The van der Waals surface area contributed by atoms with Gasteiger partial charge in [-0.1, -0.05) is 24.3 Å². The second-order valence-corrected chi connectivity index (χ2v) is 4.48. The van der Waals surface area contributed by atoms with Crippen LogP contribution in [-0.4, -0.2) is 25.0 Å². The molecule has 1 heteroatoms. The van der Waals surface area contributed by atoms with Crippen molar-refractivity contribution in [3.8, 4) is 0 Å². The minimum atomic E-state index is 0.819. The first-order valence-corrected chi connectivity index (χ1v) is 5.12. The predicted molar refractivity (Wildman–Crippen MR) is 54.0 cm³/mol. The van der Waals surface area contributed by atoms with Crippen LogP contribution >= 0.6 is 0 Å². The van der Waals surface area contributed by atoms with E-state index in [0.717, 1.165) is 11.8 Å². The average Bonchev–Trinajstić information content (AvgIpc) is 2.41. The molecule has 0 amide bonds. The number of piperidine rings is 1. The quantitative estimate of drug-likeness (QED) is 0.581. The van der Waals surface area contributed by atoms with Crippen molar-refractivity contribution in [3.63, 3.8) is 0 Å². The highest BCUT2D eigenvalue weighted by atomic mass is 15.1. The predicted octanol–water partition coefficient (Wildman–Crippen LogP) is 2.20. The highest BCUT2D eigenvalue weighted by molar-refractivity contribution is 5.40. The standard InChI is InChI=1S/C12H15N/c1-13-7-9-6-10(8-13)12-5-3-2-4-11(9)12/h2-5,9-10H,6-8H2,1H3/t9-,10?/m0/s1. The van der Waals surface area contributed by atoms with Gasteiger partial charge in [0, 0.05) is 13.1 Å². The molecule has 1 aromatic rings. The molecular weight excluding hydrogens is 158 g/mol. The summed E-state index contributed by atoms with van der Waals surface area (Å²) in [6, 6.07) is 9.00. The molecule has 2 aliphatic rings. The fourth-order valence-corrected chi connectivity index (χ4v) is 3.02. The number of benzene rings is 1. The summed E-state index contributed by atoms with van der Waals surface area (Å²) in [5.74, 6) is 1.64. The molecule has 68 valence electrons. The topological polar surface area (TPSA) is 3.24 Å². The molecule has 1 nitrogen and oxygen atoms in total. The SMILES string of the molecule is CN1CC2C[C@@H](C1)c1ccccc12. The van der Waals surface area contributed by atoms with Crippen LogP contribution in [0.4, 0.5) is 0 Å². The van der Waals surface area contributed by atoms with E-state index in [9.17, 15) is 0 Å². The van der Waals surface area contributed by atoms with Crippen molar-refractivity contribution in [1.82, 2.24) is 4.90 Å². The Kier molecular flexibility index (Phi) is 1.50. The second-order valence-electron chi connectivity index (χ2n) is 4.48. The highest BCUT2D eigenvalue weighted by Crippen LogP contribution is 2.45. The van der Waals surface area contributed by atoms with Crippen LogP contribution in [0.5, 0.6) is 0 Å². The molecule has 1 saturated heterocycles. The molecular formula is C12H15N. The molecule has 1 aromatic carbocycles. The van der Waals surface area contributed by atoms with E-state index in [1.54, 1.807) is 11.1 Å². The third kappa shape index (κ3) is 1.03. The Hall–Kier alpha value is -0.820. The van der Waals surface area contributed by atoms with Crippen LogP contribution in [0.15, 0.2) is 24.3 Å². The Morgan fingerprint density at radius 2 is 1.62 bits per heavy atom. The minimum absolute atomic E-state index is 0.819. The maximum Gasteiger partial charge on any atom is 0.00478 e. The van der Waals surface area contributed by atoms with Crippen molar-refractivity contribution in [3.05, 3.63) is 35.4 Å². The first kappa shape index (κ1) is 7.57. The van der Waals surface area contributed by atoms with Gasteiger partial charge < -0.3 is 4.90 Å². The maximum atomic E-state index is 2.47. The Morgan fingerprint density at radius 1 is 1.08 bits per heavy atom. The summed E-state index contributed by atoms with van der Waals surface area (Å²) in [6.45, 7) is 2.51. The Balaban J connectivity index is 2.09. The molecule has 0 saturated carbocycles. The Bertz CT molecular complexity index is 297. The Labute approximate surface area is 79.4 Å². The van der Waals surface area contributed by atoms with Crippen molar-refractivity contribution in [2.75, 3.05) is 20.1 Å². The van der Waals surface area contributed by atoms with Gasteiger partial charge in [-0.15, -0.1) is 0 Å². The summed E-state index contributed by atoms with van der Waals surface area (Å²) in [5, 5.41) is 0. The summed E-state index contributed by atoms with van der Waals surface area (Å²) in [5.41, 5.74) is 3.24. The van der Waals surface area contributed by atoms with Crippen molar-refractivity contribution < 1.29 is 0 Å². The van der Waals surface area contributed by atoms with Crippen LogP contribution in [0.1, 0.15) is 29.4 Å². The van der Waals surface area contributed by atoms with Gasteiger partial charge in [-0.2, -0.15) is 0 Å². The molecule has 3 rings (SSSR count). The zero-order valence-electron chi connectivity index (χ0n) is 8.03. The minimum Gasteiger partial charge on any atom is -0.305 e. The average molecular weight is 173 g/mol. The molecule has 1 aliphatic heterocycles. The maximum absolute atomic E-state index is 2.47. The van der Waals surface area contributed by atoms with Gasteiger partial charge in [0.2, 0.25) is 0 Å². The summed E-state index contributed by atoms with van der Waals surface area (Å²) in [6.07, 6.45) is 1.39. The number of nitrogens with zero attached hydrogens (tertiary/aromatic N) is 1. The molecule has 0 spiro atoms. The highest BCUT2D eigenvalue weighted by Gasteiger charge is 2.35. The van der Waals surface area contributed by atoms with Crippen LogP contribution in [0, 0.1) is 0 Å². The molecule has 13 heavy (non-hydrogen) atoms. The number of hydrogen-bond donors (Lipinski definition) is 0. The molecule has 0 radical (unpaired) electrons. The first-order chi connectivity index (χ1) is 6.34. The summed E-state index contributed by atoms with van der Waals surface area (Å²) in [7, 11) is 2.24. The van der Waals surface area contributed by atoms with Gasteiger partial charge in [0.1, 0.15) is 0 Å². The fourth-order valence-electron chi connectivity index (χ4n) is 3.02. The van der Waals surface area contributed by atoms with Gasteiger partial charge >= 0.3 is 0 Å². The lowest BCUT2D eigenvalue weighted by atomic mass is 9.96. The van der Waals surface area contributed by atoms with E-state index >= 15 is 0 Å². The number of fused-ring (bicyclic) bond motifs is 5. The third-order valence-corrected chi connectivity index (χ3v) is 3.51. The molecule has 1 fully saturated rings. The van der Waals surface area contributed by atoms with Gasteiger partial charge in [-0.25, -0.2) is 0 Å². The van der Waals surface area contributed by atoms with E-state index < -0.39 is 0 Å². The lowest BCUT2D eigenvalue weighted by Gasteiger charge is -2.28. The zero-order chi connectivity index (χ0) is 8.84. The second kappa shape index (κ2) is 2.58. The van der Waals surface area contributed by atoms with Crippen LogP contribution in [0.2, 0.25) is 0 Å². The van der Waals surface area contributed by atoms with Crippen molar-refractivity contribution in [1.29, 1.82) is 0 Å². The lowest BCUT2D eigenvalue weighted by Crippen LogP contribution is -2.31. The van der Waals surface area contributed by atoms with Gasteiger partial charge in [0.25, 0.3) is 0 Å². The van der Waals surface area contributed by atoms with Crippen molar-refractivity contribution in [2.45, 2.75) is 18.3 Å². The molecule has 1 aliphatic carbocycles. The van der Waals surface area contributed by atoms with Crippen molar-refractivity contribution >= 4 is 0 Å². The summed E-state index contributed by atoms with van der Waals surface area (Å²) in [4.78, 5) is 2.47. The molecule has 0 aromatic heterocycles. The van der Waals surface area contributed by atoms with Crippen LogP contribution < -0.4 is 0 Å². The summed E-state index contributed by atoms with van der Waals surface area (Å²) < 4.78 is 0. The van der Waals surface area contributed by atoms with E-state index in [0.29, 0.717) is 0 Å². The fraction of sp³-hybridized carbons (Fsp3) is 0.500. The number of likely N-dealkylation sites (N-methyl/N-ethyl adjacent to an activating group) is 1. The summed E-state index contributed by atoms with van der Waals surface area (Å²) >= 11 is 0. The van der Waals surface area contributed by atoms with Gasteiger partial charge in [-0.05, 0) is 36.4 Å². The zero-order valence-corrected chi connectivity index (χ0v) is 8.03. The van der Waals surface area contributed by atoms with E-state index in [1.807, 2.05) is 0 Å². The monoisotopic (exact) mass is 173 g/mol. The normalized spacial score (nSPS) is 31.8. The molecule has 2 atom stereocenters. The number of likely N-dealkylation sites (tertiary alicyclic amines) is 1. The lowest BCUT2D eigenvalue weighted by molar-refractivity contribution is 0.245. The van der Waals surface area contributed by atoms with Crippen LogP contribution in [0.3, 0.4) is 0 Å². The van der Waals surface area contributed by atoms with E-state index in [-0.39, 0.29) is 0 Å². The van der Waals surface area contributed by atoms with Gasteiger partial charge in [0.15, 0.2) is 0 Å². The molecule has 0 N–H and O–H groups in total. The Morgan fingerprint density at radius 3 is 2.15 bits per heavy atom. The first-order valence-electron chi connectivity index (χ1n) is 5.12. The van der Waals surface area contributed by atoms with Crippen LogP contribution in [-0.2, 0) is 0 Å². The molecule has 1 unspecified atom stereocenters. The smallest absolute Gasteiger partial charge is 0.00478 e. The van der Waals surface area contributed by atoms with E-state index in [4.69, 9.17) is 0 Å². The number of hydrogen-bond acceptors (Lipinski definition) is 1. The van der Waals surface area contributed by atoms with Gasteiger partial charge in [-0.3, -0.25) is 0 Å². The number of rotatable bonds is 0. The largest absolute Gasteiger partial charge is 0.305 e.